The van der Waals surface area contributed by atoms with E-state index in [0.717, 1.165) is 70.0 Å². The third-order valence-electron chi connectivity index (χ3n) is 5.52. The number of hydrogen-bond acceptors (Lipinski definition) is 4. The van der Waals surface area contributed by atoms with Crippen LogP contribution in [0.2, 0.25) is 0 Å². The average Bonchev–Trinajstić information content (AvgIpc) is 2.74. The number of rotatable bonds is 8. The van der Waals surface area contributed by atoms with Crippen LogP contribution in [-0.2, 0) is 19.1 Å². The van der Waals surface area contributed by atoms with Gasteiger partial charge in [-0.25, -0.2) is 0 Å². The maximum atomic E-state index is 12.1. The monoisotopic (exact) mass is 388 g/mol. The van der Waals surface area contributed by atoms with Crippen LogP contribution in [0.1, 0.15) is 64.2 Å². The van der Waals surface area contributed by atoms with Crippen LogP contribution in [0.3, 0.4) is 0 Å². The standard InChI is InChI=1S/C22H32N2O4/c25-21(15-27-19-7-3-1-4-8-19)23-17-11-13-18(14-12-17)24-22(26)16-28-20-9-5-2-6-10-20/h1,3,5,17-19H,2,4,6-8,10-16H2,(H,23,25)(H,24,26). The van der Waals surface area contributed by atoms with Crippen molar-refractivity contribution in [2.24, 2.45) is 0 Å². The van der Waals surface area contributed by atoms with Gasteiger partial charge in [-0.3, -0.25) is 9.59 Å². The van der Waals surface area contributed by atoms with Gasteiger partial charge in [-0.2, -0.15) is 0 Å². The number of hydrogen-bond donors (Lipinski definition) is 2. The molecule has 0 bridgehead atoms. The van der Waals surface area contributed by atoms with E-state index in [1.54, 1.807) is 0 Å². The zero-order valence-electron chi connectivity index (χ0n) is 16.6. The first-order valence-electron chi connectivity index (χ1n) is 10.6. The molecule has 1 unspecified atom stereocenters. The van der Waals surface area contributed by atoms with Gasteiger partial charge >= 0.3 is 0 Å². The lowest BCUT2D eigenvalue weighted by molar-refractivity contribution is -0.129. The molecule has 2 N–H and O–H groups in total. The predicted octanol–water partition coefficient (Wildman–Crippen LogP) is 2.89. The highest BCUT2D eigenvalue weighted by molar-refractivity contribution is 5.78. The summed E-state index contributed by atoms with van der Waals surface area (Å²) in [5.41, 5.74) is 3.07. The summed E-state index contributed by atoms with van der Waals surface area (Å²) in [4.78, 5) is 24.2. The van der Waals surface area contributed by atoms with Gasteiger partial charge in [-0.15, -0.1) is 0 Å². The van der Waals surface area contributed by atoms with Crippen molar-refractivity contribution in [3.8, 4) is 0 Å². The number of nitrogens with one attached hydrogen (secondary N) is 2. The first-order chi connectivity index (χ1) is 13.7. The summed E-state index contributed by atoms with van der Waals surface area (Å²) in [6.07, 6.45) is 15.8. The first-order valence-corrected chi connectivity index (χ1v) is 10.6. The topological polar surface area (TPSA) is 76.7 Å². The van der Waals surface area contributed by atoms with E-state index in [0.29, 0.717) is 0 Å². The molecule has 3 aliphatic carbocycles. The maximum Gasteiger partial charge on any atom is 0.258 e. The number of amides is 2. The molecule has 0 saturated heterocycles. The van der Waals surface area contributed by atoms with Gasteiger partial charge in [-0.1, -0.05) is 17.9 Å². The van der Waals surface area contributed by atoms with Crippen molar-refractivity contribution in [1.29, 1.82) is 0 Å². The Balaban J connectivity index is 1.27. The van der Waals surface area contributed by atoms with Crippen molar-refractivity contribution in [3.63, 3.8) is 0 Å². The van der Waals surface area contributed by atoms with Crippen molar-refractivity contribution in [2.45, 2.75) is 82.4 Å². The fraction of sp³-hybridized carbons (Fsp3) is 0.682. The Morgan fingerprint density at radius 3 is 2.29 bits per heavy atom. The first kappa shape index (κ1) is 20.7. The molecule has 0 heterocycles. The van der Waals surface area contributed by atoms with Crippen LogP contribution in [-0.4, -0.2) is 43.2 Å². The summed E-state index contributed by atoms with van der Waals surface area (Å²) < 4.78 is 11.2. The predicted molar refractivity (Wildman–Crippen MR) is 106 cm³/mol. The Hall–Kier alpha value is -2.04. The smallest absolute Gasteiger partial charge is 0.258 e. The lowest BCUT2D eigenvalue weighted by atomic mass is 9.91. The Bertz CT molecular complexity index is 628. The molecule has 6 nitrogen and oxygen atoms in total. The van der Waals surface area contributed by atoms with E-state index >= 15 is 0 Å². The minimum Gasteiger partial charge on any atom is -0.480 e. The third-order valence-corrected chi connectivity index (χ3v) is 5.52. The van der Waals surface area contributed by atoms with Crippen LogP contribution >= 0.6 is 0 Å². The second-order valence-electron chi connectivity index (χ2n) is 7.85. The Morgan fingerprint density at radius 1 is 0.964 bits per heavy atom. The summed E-state index contributed by atoms with van der Waals surface area (Å²) in [5, 5.41) is 6.11. The van der Waals surface area contributed by atoms with E-state index in [4.69, 9.17) is 9.47 Å². The minimum atomic E-state index is -0.0812. The average molecular weight is 389 g/mol. The fourth-order valence-electron chi connectivity index (χ4n) is 3.92. The molecular formula is C22H32N2O4. The Morgan fingerprint density at radius 2 is 1.68 bits per heavy atom. The van der Waals surface area contributed by atoms with E-state index in [1.165, 1.54) is 0 Å². The number of ether oxygens (including phenoxy) is 2. The lowest BCUT2D eigenvalue weighted by Crippen LogP contribution is -2.45. The summed E-state index contributed by atoms with van der Waals surface area (Å²) in [6, 6.07) is 0.328. The van der Waals surface area contributed by atoms with Crippen LogP contribution in [0.4, 0.5) is 0 Å². The maximum absolute atomic E-state index is 12.1. The van der Waals surface area contributed by atoms with E-state index in [2.05, 4.69) is 28.5 Å². The van der Waals surface area contributed by atoms with Gasteiger partial charge in [0.25, 0.3) is 5.91 Å². The van der Waals surface area contributed by atoms with Gasteiger partial charge < -0.3 is 20.1 Å². The van der Waals surface area contributed by atoms with Crippen LogP contribution in [0, 0.1) is 0 Å². The number of allylic oxidation sites excluding steroid dienone is 2. The van der Waals surface area contributed by atoms with Crippen LogP contribution in [0.15, 0.2) is 29.7 Å². The number of carbonyl (C=O) groups is 2. The summed E-state index contributed by atoms with van der Waals surface area (Å²) in [6.45, 7) is 0.192. The highest BCUT2D eigenvalue weighted by atomic mass is 16.5. The Labute approximate surface area is 167 Å². The molecule has 154 valence electrons. The lowest BCUT2D eigenvalue weighted by Gasteiger charge is -2.30. The van der Waals surface area contributed by atoms with Crippen LogP contribution in [0.25, 0.3) is 0 Å². The fourth-order valence-corrected chi connectivity index (χ4v) is 3.92. The van der Waals surface area contributed by atoms with Gasteiger partial charge in [0.1, 0.15) is 12.4 Å². The second kappa shape index (κ2) is 11.1. The summed E-state index contributed by atoms with van der Waals surface area (Å²) in [5.74, 6) is 0.658. The zero-order valence-corrected chi connectivity index (χ0v) is 16.6. The third kappa shape index (κ3) is 7.17. The quantitative estimate of drug-likeness (QED) is 0.495. The molecule has 0 aliphatic heterocycles. The van der Waals surface area contributed by atoms with E-state index in [1.807, 2.05) is 6.08 Å². The molecule has 1 saturated carbocycles. The molecule has 1 atom stereocenters. The van der Waals surface area contributed by atoms with Gasteiger partial charge in [0.2, 0.25) is 5.91 Å². The second-order valence-corrected chi connectivity index (χ2v) is 7.85. The molecular weight excluding hydrogens is 356 g/mol. The van der Waals surface area contributed by atoms with Gasteiger partial charge in [0.05, 0.1) is 6.10 Å². The van der Waals surface area contributed by atoms with Gasteiger partial charge in [0, 0.05) is 18.5 Å². The molecule has 3 rings (SSSR count). The zero-order chi connectivity index (χ0) is 19.6. The van der Waals surface area contributed by atoms with Crippen molar-refractivity contribution >= 4 is 11.8 Å². The van der Waals surface area contributed by atoms with Gasteiger partial charge in [-0.05, 0) is 63.9 Å². The normalized spacial score (nSPS) is 27.0. The van der Waals surface area contributed by atoms with Crippen LogP contribution in [0.5, 0.6) is 0 Å². The molecule has 2 amide bonds. The van der Waals surface area contributed by atoms with Crippen molar-refractivity contribution < 1.29 is 19.1 Å². The van der Waals surface area contributed by atoms with Crippen molar-refractivity contribution in [2.75, 3.05) is 13.2 Å². The van der Waals surface area contributed by atoms with Gasteiger partial charge in [0.15, 0.2) is 6.61 Å². The number of carbonyl (C=O) groups excluding carboxylic acids is 2. The highest BCUT2D eigenvalue weighted by Crippen LogP contribution is 2.19. The van der Waals surface area contributed by atoms with Crippen LogP contribution < -0.4 is 10.6 Å². The van der Waals surface area contributed by atoms with Crippen molar-refractivity contribution in [1.82, 2.24) is 10.6 Å². The largest absolute Gasteiger partial charge is 0.480 e. The molecule has 1 fully saturated rings. The molecule has 0 aromatic heterocycles. The SMILES string of the molecule is O=C(COC1=C=CCCC1)NC1CCC(NC(=O)COC2CC=CCC2)CC1. The minimum absolute atomic E-state index is 0.0377. The molecule has 0 spiro atoms. The molecule has 0 aromatic carbocycles. The van der Waals surface area contributed by atoms with E-state index in [9.17, 15) is 9.59 Å². The molecule has 28 heavy (non-hydrogen) atoms. The molecule has 0 radical (unpaired) electrons. The van der Waals surface area contributed by atoms with E-state index in [-0.39, 0.29) is 43.2 Å². The summed E-state index contributed by atoms with van der Waals surface area (Å²) in [7, 11) is 0. The molecule has 0 aromatic rings. The molecule has 6 heteroatoms. The van der Waals surface area contributed by atoms with Crippen molar-refractivity contribution in [3.05, 3.63) is 29.7 Å². The summed E-state index contributed by atoms with van der Waals surface area (Å²) >= 11 is 0. The highest BCUT2D eigenvalue weighted by Gasteiger charge is 2.24. The molecule has 3 aliphatic rings. The van der Waals surface area contributed by atoms with E-state index < -0.39 is 0 Å². The Kier molecular flexibility index (Phi) is 8.19.